The summed E-state index contributed by atoms with van der Waals surface area (Å²) in [4.78, 5) is 16.0. The van der Waals surface area contributed by atoms with Crippen LogP contribution in [0.3, 0.4) is 0 Å². The Morgan fingerprint density at radius 3 is 2.36 bits per heavy atom. The van der Waals surface area contributed by atoms with Crippen LogP contribution < -0.4 is 16.4 Å². The molecule has 2 aliphatic rings. The Morgan fingerprint density at radius 2 is 1.73 bits per heavy atom. The molecule has 0 spiro atoms. The van der Waals surface area contributed by atoms with E-state index in [4.69, 9.17) is 21.6 Å². The number of rotatable bonds is 7. The zero-order chi connectivity index (χ0) is 23.6. The molecule has 2 aliphatic heterocycles. The fourth-order valence-electron chi connectivity index (χ4n) is 4.08. The third kappa shape index (κ3) is 5.27. The summed E-state index contributed by atoms with van der Waals surface area (Å²) in [5.74, 6) is -0.145. The second-order valence-electron chi connectivity index (χ2n) is 8.23. The molecule has 11 heteroatoms. The highest BCUT2D eigenvalue weighted by Crippen LogP contribution is 2.23. The number of piperazine rings is 1. The smallest absolute Gasteiger partial charge is 0.414 e. The molecule has 2 aromatic carbocycles. The van der Waals surface area contributed by atoms with Crippen LogP contribution in [0.15, 0.2) is 48.5 Å². The molecule has 176 valence electrons. The highest BCUT2D eigenvalue weighted by molar-refractivity contribution is 7.88. The molecule has 0 aliphatic carbocycles. The number of hydrogen-bond acceptors (Lipinski definition) is 7. The van der Waals surface area contributed by atoms with Crippen molar-refractivity contribution in [3.63, 3.8) is 0 Å². The molecule has 33 heavy (non-hydrogen) atoms. The van der Waals surface area contributed by atoms with Crippen LogP contribution in [0.2, 0.25) is 0 Å². The maximum absolute atomic E-state index is 12.8. The first kappa shape index (κ1) is 23.0. The Bertz CT molecular complexity index is 1130. The van der Waals surface area contributed by atoms with Gasteiger partial charge < -0.3 is 16.2 Å². The third-order valence-corrected chi connectivity index (χ3v) is 7.77. The fourth-order valence-corrected chi connectivity index (χ4v) is 5.64. The van der Waals surface area contributed by atoms with Crippen molar-refractivity contribution in [1.29, 1.82) is 5.41 Å². The third-order valence-electron chi connectivity index (χ3n) is 5.94. The number of sulfonamides is 1. The van der Waals surface area contributed by atoms with Gasteiger partial charge in [-0.1, -0.05) is 18.2 Å². The number of amides is 1. The molecule has 1 unspecified atom stereocenters. The van der Waals surface area contributed by atoms with Crippen LogP contribution in [0, 0.1) is 5.41 Å². The van der Waals surface area contributed by atoms with Crippen molar-refractivity contribution in [3.8, 4) is 0 Å². The summed E-state index contributed by atoms with van der Waals surface area (Å²) in [5, 5.41) is 7.47. The molecule has 2 fully saturated rings. The number of nitrogens with one attached hydrogen (secondary N) is 1. The van der Waals surface area contributed by atoms with Gasteiger partial charge in [-0.05, 0) is 35.9 Å². The molecule has 0 aromatic heterocycles. The first-order valence-corrected chi connectivity index (χ1v) is 12.3. The molecule has 2 saturated heterocycles. The zero-order valence-corrected chi connectivity index (χ0v) is 19.0. The van der Waals surface area contributed by atoms with Crippen molar-refractivity contribution in [2.75, 3.05) is 49.9 Å². The standard InChI is InChI=1S/C22H28N6O4S/c23-20-4-2-1-3-17(20)15-33(30,31)27-11-9-26(10-12-27)13-19-14-28(22(29)32-19)18-7-5-16(6-8-18)21(24)25/h1-8,19H,9-15,23H2,(H3,24,25). The Balaban J connectivity index is 1.30. The van der Waals surface area contributed by atoms with Crippen LogP contribution in [-0.2, 0) is 20.5 Å². The predicted octanol–water partition coefficient (Wildman–Crippen LogP) is 1.03. The lowest BCUT2D eigenvalue weighted by Gasteiger charge is -2.34. The van der Waals surface area contributed by atoms with Gasteiger partial charge >= 0.3 is 6.09 Å². The molecule has 1 amide bonds. The number of cyclic esters (lactones) is 1. The normalized spacial score (nSPS) is 20.1. The monoisotopic (exact) mass is 472 g/mol. The number of para-hydroxylation sites is 1. The van der Waals surface area contributed by atoms with Gasteiger partial charge in [0.25, 0.3) is 0 Å². The van der Waals surface area contributed by atoms with Crippen molar-refractivity contribution >= 4 is 33.3 Å². The molecule has 4 rings (SSSR count). The van der Waals surface area contributed by atoms with Gasteiger partial charge in [-0.15, -0.1) is 0 Å². The predicted molar refractivity (Wildman–Crippen MR) is 127 cm³/mol. The van der Waals surface area contributed by atoms with Crippen molar-refractivity contribution in [2.24, 2.45) is 5.73 Å². The number of anilines is 2. The highest BCUT2D eigenvalue weighted by atomic mass is 32.2. The summed E-state index contributed by atoms with van der Waals surface area (Å²) in [6, 6.07) is 13.9. The van der Waals surface area contributed by atoms with E-state index < -0.39 is 16.1 Å². The maximum atomic E-state index is 12.8. The summed E-state index contributed by atoms with van der Waals surface area (Å²) >= 11 is 0. The first-order valence-electron chi connectivity index (χ1n) is 10.7. The Hall–Kier alpha value is -3.15. The van der Waals surface area contributed by atoms with E-state index in [0.717, 1.165) is 0 Å². The second kappa shape index (κ2) is 9.38. The van der Waals surface area contributed by atoms with E-state index >= 15 is 0 Å². The number of carbonyl (C=O) groups excluding carboxylic acids is 1. The molecule has 2 heterocycles. The van der Waals surface area contributed by atoms with Crippen LogP contribution in [0.5, 0.6) is 0 Å². The van der Waals surface area contributed by atoms with Gasteiger partial charge in [0.2, 0.25) is 10.0 Å². The Morgan fingerprint density at radius 1 is 1.06 bits per heavy atom. The zero-order valence-electron chi connectivity index (χ0n) is 18.2. The van der Waals surface area contributed by atoms with Gasteiger partial charge in [-0.25, -0.2) is 13.2 Å². The number of benzene rings is 2. The molecule has 0 radical (unpaired) electrons. The van der Waals surface area contributed by atoms with Gasteiger partial charge in [-0.2, -0.15) is 4.31 Å². The van der Waals surface area contributed by atoms with E-state index in [1.165, 1.54) is 4.31 Å². The van der Waals surface area contributed by atoms with E-state index in [1.807, 2.05) is 0 Å². The van der Waals surface area contributed by atoms with Crippen molar-refractivity contribution in [2.45, 2.75) is 11.9 Å². The minimum atomic E-state index is -3.46. The molecule has 1 atom stereocenters. The van der Waals surface area contributed by atoms with Crippen molar-refractivity contribution in [3.05, 3.63) is 59.7 Å². The molecule has 10 nitrogen and oxygen atoms in total. The van der Waals surface area contributed by atoms with Crippen LogP contribution in [0.4, 0.5) is 16.2 Å². The van der Waals surface area contributed by atoms with Gasteiger partial charge in [-0.3, -0.25) is 15.2 Å². The molecular formula is C22H28N6O4S. The van der Waals surface area contributed by atoms with Crippen LogP contribution >= 0.6 is 0 Å². The van der Waals surface area contributed by atoms with E-state index in [9.17, 15) is 13.2 Å². The average Bonchev–Trinajstić information content (AvgIpc) is 3.15. The van der Waals surface area contributed by atoms with Gasteiger partial charge in [0.15, 0.2) is 0 Å². The Kier molecular flexibility index (Phi) is 6.54. The minimum Gasteiger partial charge on any atom is -0.443 e. The lowest BCUT2D eigenvalue weighted by molar-refractivity contribution is 0.0937. The summed E-state index contributed by atoms with van der Waals surface area (Å²) in [5.41, 5.74) is 13.7. The van der Waals surface area contributed by atoms with Crippen LogP contribution in [0.1, 0.15) is 11.1 Å². The number of carbonyl (C=O) groups is 1. The SMILES string of the molecule is N=C(N)c1ccc(N2CC(CN3CCN(S(=O)(=O)Cc4ccccc4N)CC3)OC2=O)cc1. The van der Waals surface area contributed by atoms with E-state index in [1.54, 1.807) is 53.4 Å². The number of nitrogen functional groups attached to an aromatic ring is 2. The molecule has 5 N–H and O–H groups in total. The highest BCUT2D eigenvalue weighted by Gasteiger charge is 2.35. The number of nitrogens with zero attached hydrogens (tertiary/aromatic N) is 3. The lowest BCUT2D eigenvalue weighted by Crippen LogP contribution is -2.50. The van der Waals surface area contributed by atoms with E-state index in [0.29, 0.717) is 61.8 Å². The summed E-state index contributed by atoms with van der Waals surface area (Å²) in [6.07, 6.45) is -0.727. The quantitative estimate of drug-likeness (QED) is 0.310. The van der Waals surface area contributed by atoms with E-state index in [2.05, 4.69) is 4.90 Å². The fraction of sp³-hybridized carbons (Fsp3) is 0.364. The van der Waals surface area contributed by atoms with Crippen LogP contribution in [-0.4, -0.2) is 74.9 Å². The van der Waals surface area contributed by atoms with Gasteiger partial charge in [0.05, 0.1) is 12.3 Å². The summed E-state index contributed by atoms with van der Waals surface area (Å²) in [6.45, 7) is 2.82. The molecule has 0 bridgehead atoms. The topological polar surface area (TPSA) is 146 Å². The first-order chi connectivity index (χ1) is 15.7. The summed E-state index contributed by atoms with van der Waals surface area (Å²) in [7, 11) is -3.46. The van der Waals surface area contributed by atoms with E-state index in [-0.39, 0.29) is 17.7 Å². The van der Waals surface area contributed by atoms with Crippen molar-refractivity contribution in [1.82, 2.24) is 9.21 Å². The largest absolute Gasteiger partial charge is 0.443 e. The Labute approximate surface area is 193 Å². The maximum Gasteiger partial charge on any atom is 0.414 e. The van der Waals surface area contributed by atoms with Gasteiger partial charge in [0.1, 0.15) is 11.9 Å². The number of nitrogens with two attached hydrogens (primary N) is 2. The second-order valence-corrected chi connectivity index (χ2v) is 10.2. The summed E-state index contributed by atoms with van der Waals surface area (Å²) < 4.78 is 32.7. The molecule has 0 saturated carbocycles. The minimum absolute atomic E-state index is 0.0307. The average molecular weight is 473 g/mol. The number of hydrogen-bond donors (Lipinski definition) is 3. The lowest BCUT2D eigenvalue weighted by atomic mass is 10.2. The molecular weight excluding hydrogens is 444 g/mol. The molecule has 2 aromatic rings. The number of ether oxygens (including phenoxy) is 1. The number of amidine groups is 1. The van der Waals surface area contributed by atoms with Crippen LogP contribution in [0.25, 0.3) is 0 Å². The van der Waals surface area contributed by atoms with Gasteiger partial charge in [0, 0.05) is 49.7 Å². The van der Waals surface area contributed by atoms with Crippen molar-refractivity contribution < 1.29 is 17.9 Å².